The molecule has 0 aliphatic heterocycles. The van der Waals surface area contributed by atoms with Gasteiger partial charge in [-0.25, -0.2) is 0 Å². The molecule has 2 nitrogen and oxygen atoms in total. The third kappa shape index (κ3) is 4.52. The first-order valence-corrected chi connectivity index (χ1v) is 5.37. The number of ether oxygens (including phenoxy) is 1. The van der Waals surface area contributed by atoms with Crippen molar-refractivity contribution < 1.29 is 9.84 Å². The highest BCUT2D eigenvalue weighted by Gasteiger charge is 2.22. The lowest BCUT2D eigenvalue weighted by molar-refractivity contribution is 0.184. The summed E-state index contributed by atoms with van der Waals surface area (Å²) in [5.74, 6) is 1.85. The summed E-state index contributed by atoms with van der Waals surface area (Å²) in [5.41, 5.74) is 0.759. The van der Waals surface area contributed by atoms with E-state index in [1.807, 2.05) is 20.8 Å². The first kappa shape index (κ1) is 14.2. The average Bonchev–Trinajstić information content (AvgIpc) is 2.10. The van der Waals surface area contributed by atoms with Crippen LogP contribution in [0.4, 0.5) is 0 Å². The van der Waals surface area contributed by atoms with Crippen molar-refractivity contribution in [3.05, 3.63) is 23.7 Å². The van der Waals surface area contributed by atoms with Gasteiger partial charge in [-0.2, -0.15) is 0 Å². The Morgan fingerprint density at radius 1 is 1.33 bits per heavy atom. The van der Waals surface area contributed by atoms with Crippen LogP contribution in [0.3, 0.4) is 0 Å². The Balaban J connectivity index is 4.94. The number of hydrogen-bond donors (Lipinski definition) is 1. The van der Waals surface area contributed by atoms with Gasteiger partial charge in [-0.05, 0) is 12.5 Å². The van der Waals surface area contributed by atoms with Crippen LogP contribution in [-0.2, 0) is 4.74 Å². The smallest absolute Gasteiger partial charge is 0.110 e. The van der Waals surface area contributed by atoms with Gasteiger partial charge in [0.15, 0.2) is 0 Å². The third-order valence-corrected chi connectivity index (χ3v) is 2.18. The van der Waals surface area contributed by atoms with E-state index in [0.29, 0.717) is 0 Å². The van der Waals surface area contributed by atoms with Gasteiger partial charge >= 0.3 is 0 Å². The van der Waals surface area contributed by atoms with Gasteiger partial charge in [-0.15, -0.1) is 0 Å². The van der Waals surface area contributed by atoms with Crippen molar-refractivity contribution >= 4 is 0 Å². The normalized spacial score (nSPS) is 13.9. The molecule has 0 bridgehead atoms. The second-order valence-electron chi connectivity index (χ2n) is 5.24. The lowest BCUT2D eigenvalue weighted by atomic mass is 9.91. The molecule has 0 amide bonds. The molecule has 1 N–H and O–H groups in total. The Morgan fingerprint density at radius 2 is 1.80 bits per heavy atom. The van der Waals surface area contributed by atoms with E-state index >= 15 is 0 Å². The van der Waals surface area contributed by atoms with Crippen LogP contribution in [0.1, 0.15) is 41.5 Å². The van der Waals surface area contributed by atoms with Crippen LogP contribution in [-0.4, -0.2) is 11.7 Å². The average molecular weight is 212 g/mol. The Hall–Kier alpha value is -0.760. The summed E-state index contributed by atoms with van der Waals surface area (Å²) < 4.78 is 5.75. The van der Waals surface area contributed by atoms with E-state index in [1.165, 1.54) is 0 Å². The minimum Gasteiger partial charge on any atom is -0.466 e. The van der Waals surface area contributed by atoms with E-state index in [0.717, 1.165) is 17.1 Å². The summed E-state index contributed by atoms with van der Waals surface area (Å²) in [6.45, 7) is 16.1. The van der Waals surface area contributed by atoms with E-state index < -0.39 is 0 Å². The van der Waals surface area contributed by atoms with Gasteiger partial charge in [-0.3, -0.25) is 0 Å². The van der Waals surface area contributed by atoms with Crippen molar-refractivity contribution in [1.82, 2.24) is 0 Å². The molecule has 0 saturated carbocycles. The molecular weight excluding hydrogens is 188 g/mol. The maximum atomic E-state index is 9.15. The Morgan fingerprint density at radius 3 is 2.07 bits per heavy atom. The molecule has 0 saturated heterocycles. The van der Waals surface area contributed by atoms with E-state index in [9.17, 15) is 0 Å². The zero-order valence-corrected chi connectivity index (χ0v) is 10.8. The van der Waals surface area contributed by atoms with Crippen LogP contribution in [0.15, 0.2) is 23.7 Å². The molecule has 0 aromatic rings. The van der Waals surface area contributed by atoms with Gasteiger partial charge in [0.25, 0.3) is 0 Å². The van der Waals surface area contributed by atoms with Crippen LogP contribution >= 0.6 is 0 Å². The molecule has 0 unspecified atom stereocenters. The highest BCUT2D eigenvalue weighted by molar-refractivity contribution is 5.15. The van der Waals surface area contributed by atoms with Crippen LogP contribution in [0, 0.1) is 11.3 Å². The van der Waals surface area contributed by atoms with Gasteiger partial charge < -0.3 is 9.84 Å². The topological polar surface area (TPSA) is 29.5 Å². The zero-order chi connectivity index (χ0) is 12.2. The maximum absolute atomic E-state index is 9.15. The Bertz CT molecular complexity index is 254. The highest BCUT2D eigenvalue weighted by atomic mass is 16.5. The minimum absolute atomic E-state index is 0.0258. The van der Waals surface area contributed by atoms with Gasteiger partial charge in [0.1, 0.15) is 5.76 Å². The molecular formula is C13H24O2. The quantitative estimate of drug-likeness (QED) is 0.723. The molecule has 0 aromatic heterocycles. The summed E-state index contributed by atoms with van der Waals surface area (Å²) >= 11 is 0. The van der Waals surface area contributed by atoms with E-state index in [4.69, 9.17) is 9.84 Å². The van der Waals surface area contributed by atoms with E-state index in [2.05, 4.69) is 27.4 Å². The number of aliphatic hydroxyl groups is 1. The van der Waals surface area contributed by atoms with Crippen molar-refractivity contribution in [1.29, 1.82) is 0 Å². The van der Waals surface area contributed by atoms with Gasteiger partial charge in [0.05, 0.1) is 12.4 Å². The summed E-state index contributed by atoms with van der Waals surface area (Å²) in [6.07, 6.45) is 0. The van der Waals surface area contributed by atoms with Crippen LogP contribution in [0.2, 0.25) is 0 Å². The molecule has 88 valence electrons. The molecule has 0 rings (SSSR count). The largest absolute Gasteiger partial charge is 0.466 e. The molecule has 15 heavy (non-hydrogen) atoms. The fourth-order valence-corrected chi connectivity index (χ4v) is 1.20. The SMILES string of the molecule is C=C(O/C(=C(\C)CO)C(C)(C)C)C(C)C. The Labute approximate surface area is 93.6 Å². The monoisotopic (exact) mass is 212 g/mol. The molecule has 0 aliphatic rings. The summed E-state index contributed by atoms with van der Waals surface area (Å²) in [7, 11) is 0. The zero-order valence-electron chi connectivity index (χ0n) is 10.8. The van der Waals surface area contributed by atoms with Crippen molar-refractivity contribution in [3.8, 4) is 0 Å². The maximum Gasteiger partial charge on any atom is 0.110 e. The van der Waals surface area contributed by atoms with Crippen molar-refractivity contribution in [2.75, 3.05) is 6.61 Å². The molecule has 0 aromatic carbocycles. The van der Waals surface area contributed by atoms with Crippen LogP contribution < -0.4 is 0 Å². The molecule has 0 heterocycles. The van der Waals surface area contributed by atoms with E-state index in [-0.39, 0.29) is 17.9 Å². The Kier molecular flexibility index (Phi) is 5.09. The molecule has 0 radical (unpaired) electrons. The molecule has 0 spiro atoms. The minimum atomic E-state index is -0.107. The molecule has 0 fully saturated rings. The van der Waals surface area contributed by atoms with Crippen molar-refractivity contribution in [2.45, 2.75) is 41.5 Å². The molecule has 0 aliphatic carbocycles. The van der Waals surface area contributed by atoms with E-state index in [1.54, 1.807) is 0 Å². The highest BCUT2D eigenvalue weighted by Crippen LogP contribution is 2.31. The van der Waals surface area contributed by atoms with Crippen LogP contribution in [0.25, 0.3) is 0 Å². The van der Waals surface area contributed by atoms with Crippen LogP contribution in [0.5, 0.6) is 0 Å². The fraction of sp³-hybridized carbons (Fsp3) is 0.692. The third-order valence-electron chi connectivity index (χ3n) is 2.18. The first-order valence-electron chi connectivity index (χ1n) is 5.37. The van der Waals surface area contributed by atoms with Gasteiger partial charge in [-0.1, -0.05) is 41.2 Å². The van der Waals surface area contributed by atoms with Crippen molar-refractivity contribution in [2.24, 2.45) is 11.3 Å². The predicted molar refractivity (Wildman–Crippen MR) is 64.3 cm³/mol. The number of rotatable bonds is 4. The predicted octanol–water partition coefficient (Wildman–Crippen LogP) is 3.49. The second kappa shape index (κ2) is 5.36. The van der Waals surface area contributed by atoms with Gasteiger partial charge in [0.2, 0.25) is 0 Å². The summed E-state index contributed by atoms with van der Waals surface area (Å²) in [5, 5.41) is 9.15. The summed E-state index contributed by atoms with van der Waals surface area (Å²) in [4.78, 5) is 0. The number of allylic oxidation sites excluding steroid dienone is 2. The standard InChI is InChI=1S/C13H24O2/c1-9(2)11(4)15-12(10(3)8-14)13(5,6)7/h9,14H,4,8H2,1-3,5-7H3/b12-10+. The molecule has 0 atom stereocenters. The van der Waals surface area contributed by atoms with Crippen molar-refractivity contribution in [3.63, 3.8) is 0 Å². The second-order valence-corrected chi connectivity index (χ2v) is 5.24. The first-order chi connectivity index (χ1) is 6.70. The number of aliphatic hydroxyl groups excluding tert-OH is 1. The molecule has 2 heteroatoms. The number of hydrogen-bond acceptors (Lipinski definition) is 2. The van der Waals surface area contributed by atoms with Gasteiger partial charge in [0, 0.05) is 11.3 Å². The summed E-state index contributed by atoms with van der Waals surface area (Å²) in [6, 6.07) is 0. The lowest BCUT2D eigenvalue weighted by Crippen LogP contribution is -2.16. The lowest BCUT2D eigenvalue weighted by Gasteiger charge is -2.27. The fourth-order valence-electron chi connectivity index (χ4n) is 1.20.